The van der Waals surface area contributed by atoms with Crippen LogP contribution in [0.4, 0.5) is 0 Å². The minimum absolute atomic E-state index is 0.00781. The minimum Gasteiger partial charge on any atom is -0.295 e. The summed E-state index contributed by atoms with van der Waals surface area (Å²) in [7, 11) is 0. The summed E-state index contributed by atoms with van der Waals surface area (Å²) < 4.78 is 1.78. The van der Waals surface area contributed by atoms with Gasteiger partial charge in [-0.25, -0.2) is 4.68 Å². The number of nitrogens with zero attached hydrogens (tertiary/aromatic N) is 3. The molecule has 0 aliphatic heterocycles. The lowest BCUT2D eigenvalue weighted by atomic mass is 10.2. The summed E-state index contributed by atoms with van der Waals surface area (Å²) >= 11 is 5.69. The van der Waals surface area contributed by atoms with E-state index in [-0.39, 0.29) is 5.78 Å². The van der Waals surface area contributed by atoms with E-state index in [0.717, 1.165) is 24.2 Å². The maximum atomic E-state index is 10.9. The van der Waals surface area contributed by atoms with E-state index < -0.39 is 0 Å². The van der Waals surface area contributed by atoms with Gasteiger partial charge in [0.1, 0.15) is 5.69 Å². The number of hydrogen-bond acceptors (Lipinski definition) is 3. The number of halogens is 1. The highest BCUT2D eigenvalue weighted by atomic mass is 35.5. The molecule has 0 amide bonds. The monoisotopic (exact) mass is 253 g/mol. The van der Waals surface area contributed by atoms with Crippen molar-refractivity contribution in [1.29, 1.82) is 0 Å². The topological polar surface area (TPSA) is 47.8 Å². The van der Waals surface area contributed by atoms with E-state index in [1.807, 2.05) is 0 Å². The zero-order valence-corrected chi connectivity index (χ0v) is 10.7. The van der Waals surface area contributed by atoms with E-state index >= 15 is 0 Å². The average molecular weight is 254 g/mol. The molecule has 0 spiro atoms. The highest BCUT2D eigenvalue weighted by Crippen LogP contribution is 2.11. The second-order valence-corrected chi connectivity index (χ2v) is 4.01. The molecular formula is C12H16ClN3O. The first kappa shape index (κ1) is 13.6. The first-order valence-corrected chi connectivity index (χ1v) is 6.00. The second-order valence-electron chi connectivity index (χ2n) is 3.63. The van der Waals surface area contributed by atoms with Crippen LogP contribution in [0.25, 0.3) is 6.08 Å². The van der Waals surface area contributed by atoms with Crippen LogP contribution in [0, 0.1) is 0 Å². The molecule has 0 bridgehead atoms. The van der Waals surface area contributed by atoms with Crippen LogP contribution in [0.3, 0.4) is 0 Å². The molecule has 1 aromatic heterocycles. The van der Waals surface area contributed by atoms with Crippen LogP contribution in [0.15, 0.2) is 18.7 Å². The molecule has 17 heavy (non-hydrogen) atoms. The van der Waals surface area contributed by atoms with Gasteiger partial charge < -0.3 is 0 Å². The number of alkyl halides is 1. The third-order valence-electron chi connectivity index (χ3n) is 2.19. The van der Waals surface area contributed by atoms with Crippen LogP contribution in [-0.2, 0) is 17.8 Å². The van der Waals surface area contributed by atoms with E-state index in [1.54, 1.807) is 16.8 Å². The number of ketones is 1. The zero-order chi connectivity index (χ0) is 12.7. The Balaban J connectivity index is 2.94. The Bertz CT molecular complexity index is 423. The fourth-order valence-electron chi connectivity index (χ4n) is 1.43. The Morgan fingerprint density at radius 3 is 2.94 bits per heavy atom. The van der Waals surface area contributed by atoms with Gasteiger partial charge in [0.25, 0.3) is 0 Å². The van der Waals surface area contributed by atoms with Crippen LogP contribution in [-0.4, -0.2) is 26.7 Å². The molecule has 92 valence electrons. The number of carbonyl (C=O) groups excluding carboxylic acids is 1. The molecule has 0 unspecified atom stereocenters. The maximum absolute atomic E-state index is 10.9. The number of rotatable bonds is 7. The van der Waals surface area contributed by atoms with Gasteiger partial charge in [0.15, 0.2) is 5.78 Å². The summed E-state index contributed by atoms with van der Waals surface area (Å²) in [6.07, 6.45) is 6.59. The Labute approximate surface area is 106 Å². The van der Waals surface area contributed by atoms with Crippen LogP contribution in [0.2, 0.25) is 0 Å². The summed E-state index contributed by atoms with van der Waals surface area (Å²) in [4.78, 5) is 10.9. The second kappa shape index (κ2) is 7.01. The van der Waals surface area contributed by atoms with E-state index in [4.69, 9.17) is 11.6 Å². The van der Waals surface area contributed by atoms with E-state index in [1.165, 1.54) is 13.0 Å². The van der Waals surface area contributed by atoms with Crippen LogP contribution in [0.1, 0.15) is 24.7 Å². The van der Waals surface area contributed by atoms with Crippen molar-refractivity contribution in [3.05, 3.63) is 30.1 Å². The molecular weight excluding hydrogens is 238 g/mol. The van der Waals surface area contributed by atoms with Gasteiger partial charge in [-0.1, -0.05) is 11.3 Å². The van der Waals surface area contributed by atoms with E-state index in [2.05, 4.69) is 16.9 Å². The van der Waals surface area contributed by atoms with Gasteiger partial charge in [-0.3, -0.25) is 4.79 Å². The van der Waals surface area contributed by atoms with Gasteiger partial charge in [-0.05, 0) is 31.9 Å². The van der Waals surface area contributed by atoms with Gasteiger partial charge in [-0.2, -0.15) is 0 Å². The highest BCUT2D eigenvalue weighted by molar-refractivity contribution is 6.17. The molecule has 0 saturated carbocycles. The predicted octanol–water partition coefficient (Wildman–Crippen LogP) is 2.24. The van der Waals surface area contributed by atoms with Crippen LogP contribution in [0.5, 0.6) is 0 Å². The lowest BCUT2D eigenvalue weighted by Gasteiger charge is -2.03. The van der Waals surface area contributed by atoms with Crippen molar-refractivity contribution in [1.82, 2.24) is 15.0 Å². The predicted molar refractivity (Wildman–Crippen MR) is 69.0 cm³/mol. The fourth-order valence-corrected chi connectivity index (χ4v) is 1.57. The summed E-state index contributed by atoms with van der Waals surface area (Å²) in [5.74, 6) is 0.585. The van der Waals surface area contributed by atoms with Crippen molar-refractivity contribution < 1.29 is 4.79 Å². The van der Waals surface area contributed by atoms with Gasteiger partial charge in [0.2, 0.25) is 0 Å². The van der Waals surface area contributed by atoms with Crippen LogP contribution >= 0.6 is 11.6 Å². The number of aromatic nitrogens is 3. The summed E-state index contributed by atoms with van der Waals surface area (Å²) in [6.45, 7) is 5.79. The van der Waals surface area contributed by atoms with Crippen molar-refractivity contribution in [2.24, 2.45) is 0 Å². The lowest BCUT2D eigenvalue weighted by molar-refractivity contribution is -0.112. The van der Waals surface area contributed by atoms with Crippen molar-refractivity contribution in [2.45, 2.75) is 26.3 Å². The summed E-state index contributed by atoms with van der Waals surface area (Å²) in [5, 5.41) is 8.07. The third-order valence-corrected chi connectivity index (χ3v) is 2.46. The minimum atomic E-state index is -0.00781. The zero-order valence-electron chi connectivity index (χ0n) is 9.90. The largest absolute Gasteiger partial charge is 0.295 e. The summed E-state index contributed by atoms with van der Waals surface area (Å²) in [6, 6.07) is 0. The lowest BCUT2D eigenvalue weighted by Crippen LogP contribution is -2.04. The first-order chi connectivity index (χ1) is 8.19. The molecule has 0 fully saturated rings. The SMILES string of the molecule is C=CCn1nnc(/C=C/C(C)=O)c1CCCCl. The normalized spacial score (nSPS) is 10.9. The molecule has 0 aromatic carbocycles. The average Bonchev–Trinajstić information content (AvgIpc) is 2.67. The quantitative estimate of drug-likeness (QED) is 0.425. The maximum Gasteiger partial charge on any atom is 0.152 e. The molecule has 0 aliphatic rings. The molecule has 1 aromatic rings. The highest BCUT2D eigenvalue weighted by Gasteiger charge is 2.09. The first-order valence-electron chi connectivity index (χ1n) is 5.47. The fraction of sp³-hybridized carbons (Fsp3) is 0.417. The van der Waals surface area contributed by atoms with Gasteiger partial charge >= 0.3 is 0 Å². The van der Waals surface area contributed by atoms with Crippen molar-refractivity contribution >= 4 is 23.5 Å². The molecule has 0 N–H and O–H groups in total. The molecule has 1 rings (SSSR count). The number of carbonyl (C=O) groups is 1. The Morgan fingerprint density at radius 2 is 2.35 bits per heavy atom. The van der Waals surface area contributed by atoms with Gasteiger partial charge in [0, 0.05) is 5.88 Å². The van der Waals surface area contributed by atoms with Gasteiger partial charge in [0.05, 0.1) is 12.2 Å². The van der Waals surface area contributed by atoms with Crippen LogP contribution < -0.4 is 0 Å². The van der Waals surface area contributed by atoms with E-state index in [0.29, 0.717) is 12.4 Å². The van der Waals surface area contributed by atoms with Crippen molar-refractivity contribution in [3.8, 4) is 0 Å². The Hall–Kier alpha value is -1.42. The molecule has 5 heteroatoms. The molecule has 0 aliphatic carbocycles. The molecule has 0 atom stereocenters. The molecule has 4 nitrogen and oxygen atoms in total. The number of hydrogen-bond donors (Lipinski definition) is 0. The molecule has 0 saturated heterocycles. The molecule has 1 heterocycles. The Morgan fingerprint density at radius 1 is 1.59 bits per heavy atom. The third kappa shape index (κ3) is 4.15. The van der Waals surface area contributed by atoms with Crippen molar-refractivity contribution in [3.63, 3.8) is 0 Å². The summed E-state index contributed by atoms with van der Waals surface area (Å²) in [5.41, 5.74) is 1.72. The van der Waals surface area contributed by atoms with Crippen molar-refractivity contribution in [2.75, 3.05) is 5.88 Å². The Kier molecular flexibility index (Phi) is 5.63. The smallest absolute Gasteiger partial charge is 0.152 e. The molecule has 0 radical (unpaired) electrons. The van der Waals surface area contributed by atoms with Gasteiger partial charge in [-0.15, -0.1) is 23.3 Å². The standard InChI is InChI=1S/C12H16ClN3O/c1-3-9-16-12(5-4-8-13)11(14-15-16)7-6-10(2)17/h3,6-7H,1,4-5,8-9H2,2H3/b7-6+. The van der Waals surface area contributed by atoms with E-state index in [9.17, 15) is 4.79 Å². The number of allylic oxidation sites excluding steroid dienone is 2.